The minimum atomic E-state index is 0.449. The SMILES string of the molecule is CC/C=C(\c1cc(C#N)ccc1C)c1cncc(N)c1Cl. The van der Waals surface area contributed by atoms with Crippen molar-refractivity contribution in [1.29, 1.82) is 5.26 Å². The number of anilines is 1. The largest absolute Gasteiger partial charge is 0.396 e. The molecular weight excluding hydrogens is 282 g/mol. The van der Waals surface area contributed by atoms with Crippen LogP contribution in [0.25, 0.3) is 5.57 Å². The number of allylic oxidation sites excluding steroid dienone is 1. The zero-order valence-corrected chi connectivity index (χ0v) is 12.8. The van der Waals surface area contributed by atoms with Crippen molar-refractivity contribution in [2.24, 2.45) is 0 Å². The Morgan fingerprint density at radius 1 is 1.38 bits per heavy atom. The summed E-state index contributed by atoms with van der Waals surface area (Å²) >= 11 is 6.33. The van der Waals surface area contributed by atoms with Crippen LogP contribution in [0.15, 0.2) is 36.7 Å². The van der Waals surface area contributed by atoms with Crippen molar-refractivity contribution in [3.05, 3.63) is 63.9 Å². The van der Waals surface area contributed by atoms with E-state index in [9.17, 15) is 0 Å². The number of hydrogen-bond donors (Lipinski definition) is 1. The molecule has 0 unspecified atom stereocenters. The van der Waals surface area contributed by atoms with Crippen LogP contribution in [0.4, 0.5) is 5.69 Å². The number of benzene rings is 1. The third-order valence-electron chi connectivity index (χ3n) is 3.26. The molecule has 0 atom stereocenters. The van der Waals surface area contributed by atoms with E-state index < -0.39 is 0 Å². The Morgan fingerprint density at radius 3 is 2.81 bits per heavy atom. The second-order valence-electron chi connectivity index (χ2n) is 4.76. The maximum atomic E-state index is 9.11. The molecule has 1 aromatic carbocycles. The molecular formula is C17H16ClN3. The summed E-state index contributed by atoms with van der Waals surface area (Å²) in [5, 5.41) is 9.60. The molecule has 0 radical (unpaired) electrons. The van der Waals surface area contributed by atoms with Crippen LogP contribution in [-0.4, -0.2) is 4.98 Å². The van der Waals surface area contributed by atoms with E-state index in [1.165, 1.54) is 6.20 Å². The number of rotatable bonds is 3. The zero-order valence-electron chi connectivity index (χ0n) is 12.0. The number of aromatic nitrogens is 1. The number of nitrogens with two attached hydrogens (primary N) is 1. The van der Waals surface area contributed by atoms with Gasteiger partial charge in [-0.3, -0.25) is 4.98 Å². The van der Waals surface area contributed by atoms with Gasteiger partial charge in [-0.05, 0) is 42.2 Å². The normalized spacial score (nSPS) is 11.2. The smallest absolute Gasteiger partial charge is 0.0991 e. The van der Waals surface area contributed by atoms with Crippen LogP contribution >= 0.6 is 11.6 Å². The third kappa shape index (κ3) is 3.07. The van der Waals surface area contributed by atoms with Crippen LogP contribution in [0.3, 0.4) is 0 Å². The second-order valence-corrected chi connectivity index (χ2v) is 5.14. The Balaban J connectivity index is 2.69. The summed E-state index contributed by atoms with van der Waals surface area (Å²) in [5.74, 6) is 0. The summed E-state index contributed by atoms with van der Waals surface area (Å²) in [7, 11) is 0. The minimum absolute atomic E-state index is 0.449. The molecule has 0 saturated heterocycles. The first-order valence-corrected chi connectivity index (χ1v) is 7.07. The molecule has 2 N–H and O–H groups in total. The minimum Gasteiger partial charge on any atom is -0.396 e. The molecule has 3 nitrogen and oxygen atoms in total. The van der Waals surface area contributed by atoms with Crippen LogP contribution in [-0.2, 0) is 0 Å². The van der Waals surface area contributed by atoms with E-state index >= 15 is 0 Å². The molecule has 21 heavy (non-hydrogen) atoms. The van der Waals surface area contributed by atoms with Crippen molar-refractivity contribution in [3.63, 3.8) is 0 Å². The summed E-state index contributed by atoms with van der Waals surface area (Å²) in [6, 6.07) is 7.78. The predicted molar refractivity (Wildman–Crippen MR) is 86.9 cm³/mol. The van der Waals surface area contributed by atoms with Crippen LogP contribution in [0, 0.1) is 18.3 Å². The highest BCUT2D eigenvalue weighted by atomic mass is 35.5. The van der Waals surface area contributed by atoms with Crippen molar-refractivity contribution >= 4 is 22.9 Å². The van der Waals surface area contributed by atoms with Crippen LogP contribution < -0.4 is 5.73 Å². The van der Waals surface area contributed by atoms with Gasteiger partial charge in [0.1, 0.15) is 0 Å². The lowest BCUT2D eigenvalue weighted by atomic mass is 9.93. The average Bonchev–Trinajstić information content (AvgIpc) is 2.49. The molecule has 0 bridgehead atoms. The molecule has 0 saturated carbocycles. The summed E-state index contributed by atoms with van der Waals surface area (Å²) in [4.78, 5) is 4.13. The van der Waals surface area contributed by atoms with Gasteiger partial charge < -0.3 is 5.73 Å². The molecule has 2 rings (SSSR count). The van der Waals surface area contributed by atoms with E-state index in [1.54, 1.807) is 6.20 Å². The monoisotopic (exact) mass is 297 g/mol. The van der Waals surface area contributed by atoms with Gasteiger partial charge in [0.05, 0.1) is 28.5 Å². The van der Waals surface area contributed by atoms with Crippen molar-refractivity contribution in [2.75, 3.05) is 5.73 Å². The number of nitrogens with zero attached hydrogens (tertiary/aromatic N) is 2. The van der Waals surface area contributed by atoms with E-state index in [0.717, 1.165) is 28.7 Å². The van der Waals surface area contributed by atoms with Crippen molar-refractivity contribution in [2.45, 2.75) is 20.3 Å². The molecule has 1 heterocycles. The van der Waals surface area contributed by atoms with Gasteiger partial charge in [0.25, 0.3) is 0 Å². The van der Waals surface area contributed by atoms with Crippen molar-refractivity contribution in [1.82, 2.24) is 4.98 Å². The van der Waals surface area contributed by atoms with E-state index in [-0.39, 0.29) is 0 Å². The van der Waals surface area contributed by atoms with Gasteiger partial charge in [0.2, 0.25) is 0 Å². The van der Waals surface area contributed by atoms with Gasteiger partial charge in [-0.15, -0.1) is 0 Å². The number of hydrogen-bond acceptors (Lipinski definition) is 3. The lowest BCUT2D eigenvalue weighted by molar-refractivity contribution is 1.21. The quantitative estimate of drug-likeness (QED) is 0.916. The molecule has 0 aliphatic rings. The number of aryl methyl sites for hydroxylation is 1. The van der Waals surface area contributed by atoms with Gasteiger partial charge in [-0.2, -0.15) is 5.26 Å². The number of pyridine rings is 1. The Kier molecular flexibility index (Phi) is 4.62. The highest BCUT2D eigenvalue weighted by Gasteiger charge is 2.14. The molecule has 4 heteroatoms. The molecule has 1 aromatic heterocycles. The fourth-order valence-electron chi connectivity index (χ4n) is 2.20. The Labute approximate surface area is 129 Å². The van der Waals surface area contributed by atoms with E-state index in [0.29, 0.717) is 16.3 Å². The Morgan fingerprint density at radius 2 is 2.14 bits per heavy atom. The van der Waals surface area contributed by atoms with Crippen LogP contribution in [0.1, 0.15) is 35.6 Å². The number of nitriles is 1. The summed E-state index contributed by atoms with van der Waals surface area (Å²) in [5.41, 5.74) is 10.7. The number of nitrogen functional groups attached to an aromatic ring is 1. The summed E-state index contributed by atoms with van der Waals surface area (Å²) in [6.07, 6.45) is 6.16. The lowest BCUT2D eigenvalue weighted by Gasteiger charge is -2.14. The fourth-order valence-corrected chi connectivity index (χ4v) is 2.40. The molecule has 0 aliphatic carbocycles. The fraction of sp³-hybridized carbons (Fsp3) is 0.176. The standard InChI is InChI=1S/C17H16ClN3/c1-3-4-13(15-9-21-10-16(20)17(15)18)14-7-12(8-19)6-5-11(14)2/h4-7,9-10H,3,20H2,1-2H3/b13-4+. The predicted octanol–water partition coefficient (Wildman–Crippen LogP) is 4.34. The topological polar surface area (TPSA) is 62.7 Å². The molecule has 0 spiro atoms. The summed E-state index contributed by atoms with van der Waals surface area (Å²) in [6.45, 7) is 4.06. The van der Waals surface area contributed by atoms with Gasteiger partial charge >= 0.3 is 0 Å². The summed E-state index contributed by atoms with van der Waals surface area (Å²) < 4.78 is 0. The molecule has 0 aliphatic heterocycles. The van der Waals surface area contributed by atoms with Gasteiger partial charge in [0, 0.05) is 11.8 Å². The van der Waals surface area contributed by atoms with E-state index in [1.807, 2.05) is 25.1 Å². The maximum absolute atomic E-state index is 9.11. The molecule has 106 valence electrons. The average molecular weight is 298 g/mol. The van der Waals surface area contributed by atoms with Crippen LogP contribution in [0.5, 0.6) is 0 Å². The highest BCUT2D eigenvalue weighted by molar-refractivity contribution is 6.35. The van der Waals surface area contributed by atoms with Gasteiger partial charge in [-0.25, -0.2) is 0 Å². The van der Waals surface area contributed by atoms with E-state index in [2.05, 4.69) is 24.1 Å². The highest BCUT2D eigenvalue weighted by Crippen LogP contribution is 2.34. The van der Waals surface area contributed by atoms with Gasteiger partial charge in [0.15, 0.2) is 0 Å². The lowest BCUT2D eigenvalue weighted by Crippen LogP contribution is -1.98. The first-order chi connectivity index (χ1) is 10.1. The first kappa shape index (κ1) is 15.1. The van der Waals surface area contributed by atoms with E-state index in [4.69, 9.17) is 22.6 Å². The molecule has 2 aromatic rings. The third-order valence-corrected chi connectivity index (χ3v) is 3.68. The van der Waals surface area contributed by atoms with Crippen molar-refractivity contribution in [3.8, 4) is 6.07 Å². The molecule has 0 amide bonds. The second kappa shape index (κ2) is 6.43. The van der Waals surface area contributed by atoms with Crippen molar-refractivity contribution < 1.29 is 0 Å². The van der Waals surface area contributed by atoms with Crippen LogP contribution in [0.2, 0.25) is 5.02 Å². The maximum Gasteiger partial charge on any atom is 0.0991 e. The van der Waals surface area contributed by atoms with Gasteiger partial charge in [-0.1, -0.05) is 30.7 Å². The number of halogens is 1. The zero-order chi connectivity index (χ0) is 15.4. The molecule has 0 fully saturated rings. The first-order valence-electron chi connectivity index (χ1n) is 6.69. The Hall–Kier alpha value is -2.31. The Bertz CT molecular complexity index is 742.